The van der Waals surface area contributed by atoms with Crippen LogP contribution in [0.15, 0.2) is 29.2 Å². The molecule has 25 heavy (non-hydrogen) atoms. The van der Waals surface area contributed by atoms with E-state index in [2.05, 4.69) is 21.3 Å². The van der Waals surface area contributed by atoms with Crippen LogP contribution >= 0.6 is 0 Å². The van der Waals surface area contributed by atoms with Gasteiger partial charge in [-0.05, 0) is 57.0 Å². The van der Waals surface area contributed by atoms with Gasteiger partial charge in [0.25, 0.3) is 0 Å². The topological polar surface area (TPSA) is 75.7 Å². The number of hydrogen-bond acceptors (Lipinski definition) is 5. The lowest BCUT2D eigenvalue weighted by Gasteiger charge is -2.35. The molecule has 1 saturated heterocycles. The number of benzene rings is 1. The van der Waals surface area contributed by atoms with Gasteiger partial charge in [0, 0.05) is 12.6 Å². The van der Waals surface area contributed by atoms with Gasteiger partial charge in [-0.2, -0.15) is 0 Å². The van der Waals surface area contributed by atoms with Crippen molar-refractivity contribution in [3.8, 4) is 0 Å². The second-order valence-corrected chi connectivity index (χ2v) is 8.13. The zero-order valence-corrected chi connectivity index (χ0v) is 15.8. The van der Waals surface area contributed by atoms with Crippen LogP contribution in [0.5, 0.6) is 0 Å². The average Bonchev–Trinajstić information content (AvgIpc) is 2.65. The van der Waals surface area contributed by atoms with Gasteiger partial charge in [0.15, 0.2) is 0 Å². The van der Waals surface area contributed by atoms with E-state index in [4.69, 9.17) is 0 Å². The van der Waals surface area contributed by atoms with Crippen LogP contribution in [-0.2, 0) is 14.8 Å². The van der Waals surface area contributed by atoms with Crippen LogP contribution < -0.4 is 4.72 Å². The van der Waals surface area contributed by atoms with Gasteiger partial charge in [-0.1, -0.05) is 19.4 Å². The monoisotopic (exact) mass is 368 g/mol. The van der Waals surface area contributed by atoms with Crippen molar-refractivity contribution in [2.75, 3.05) is 26.7 Å². The van der Waals surface area contributed by atoms with Gasteiger partial charge in [0.2, 0.25) is 10.0 Å². The predicted octanol–water partition coefficient (Wildman–Crippen LogP) is 2.41. The maximum Gasteiger partial charge on any atom is 0.337 e. The lowest BCUT2D eigenvalue weighted by Crippen LogP contribution is -2.40. The Morgan fingerprint density at radius 1 is 1.36 bits per heavy atom. The largest absolute Gasteiger partial charge is 0.465 e. The first-order valence-corrected chi connectivity index (χ1v) is 10.4. The first-order valence-electron chi connectivity index (χ1n) is 8.90. The highest BCUT2D eigenvalue weighted by atomic mass is 32.2. The molecule has 0 saturated carbocycles. The Balaban J connectivity index is 1.88. The van der Waals surface area contributed by atoms with E-state index in [0.29, 0.717) is 12.6 Å². The fourth-order valence-electron chi connectivity index (χ4n) is 3.30. The van der Waals surface area contributed by atoms with Gasteiger partial charge < -0.3 is 9.64 Å². The van der Waals surface area contributed by atoms with Crippen molar-refractivity contribution in [3.05, 3.63) is 29.8 Å². The molecule has 0 aromatic heterocycles. The smallest absolute Gasteiger partial charge is 0.337 e. The Kier molecular flexibility index (Phi) is 7.40. The molecule has 1 aromatic rings. The third-order valence-electron chi connectivity index (χ3n) is 4.70. The summed E-state index contributed by atoms with van der Waals surface area (Å²) >= 11 is 0. The van der Waals surface area contributed by atoms with E-state index in [1.807, 2.05) is 0 Å². The van der Waals surface area contributed by atoms with Crippen LogP contribution in [-0.4, -0.2) is 52.1 Å². The van der Waals surface area contributed by atoms with Crippen molar-refractivity contribution in [1.82, 2.24) is 9.62 Å². The van der Waals surface area contributed by atoms with E-state index < -0.39 is 16.0 Å². The number of carbonyl (C=O) groups is 1. The minimum absolute atomic E-state index is 0.0832. The van der Waals surface area contributed by atoms with Gasteiger partial charge in [0.05, 0.1) is 17.6 Å². The molecule has 140 valence electrons. The molecule has 1 atom stereocenters. The van der Waals surface area contributed by atoms with Crippen molar-refractivity contribution in [2.45, 2.75) is 50.0 Å². The minimum Gasteiger partial charge on any atom is -0.465 e. The third-order valence-corrected chi connectivity index (χ3v) is 6.16. The maximum absolute atomic E-state index is 12.4. The Morgan fingerprint density at radius 3 is 2.88 bits per heavy atom. The zero-order valence-electron chi connectivity index (χ0n) is 15.0. The normalized spacial score (nSPS) is 18.9. The fourth-order valence-corrected chi connectivity index (χ4v) is 4.42. The lowest BCUT2D eigenvalue weighted by molar-refractivity contribution is 0.0600. The summed E-state index contributed by atoms with van der Waals surface area (Å²) in [5, 5.41) is 0. The first-order chi connectivity index (χ1) is 12.0. The molecule has 1 N–H and O–H groups in total. The SMILES string of the molecule is CCC1CCCCN1CCCNS(=O)(=O)c1cccc(C(=O)OC)c1. The number of methoxy groups -OCH3 is 1. The number of nitrogens with one attached hydrogen (secondary N) is 1. The second-order valence-electron chi connectivity index (χ2n) is 6.36. The summed E-state index contributed by atoms with van der Waals surface area (Å²) in [5.74, 6) is -0.548. The molecule has 1 aliphatic rings. The molecule has 1 heterocycles. The minimum atomic E-state index is -3.62. The Labute approximate surface area is 150 Å². The average molecular weight is 368 g/mol. The van der Waals surface area contributed by atoms with Crippen molar-refractivity contribution >= 4 is 16.0 Å². The molecule has 1 aliphatic heterocycles. The number of nitrogens with zero attached hydrogens (tertiary/aromatic N) is 1. The predicted molar refractivity (Wildman–Crippen MR) is 97.1 cm³/mol. The van der Waals surface area contributed by atoms with E-state index in [1.165, 1.54) is 44.6 Å². The van der Waals surface area contributed by atoms with E-state index in [0.717, 1.165) is 25.9 Å². The maximum atomic E-state index is 12.4. The third kappa shape index (κ3) is 5.52. The summed E-state index contributed by atoms with van der Waals surface area (Å²) in [5.41, 5.74) is 0.226. The van der Waals surface area contributed by atoms with Crippen LogP contribution in [0.4, 0.5) is 0 Å². The highest BCUT2D eigenvalue weighted by molar-refractivity contribution is 7.89. The quantitative estimate of drug-likeness (QED) is 0.563. The number of sulfonamides is 1. The Hall–Kier alpha value is -1.44. The summed E-state index contributed by atoms with van der Waals surface area (Å²) < 4.78 is 32.0. The van der Waals surface area contributed by atoms with Gasteiger partial charge >= 0.3 is 5.97 Å². The second kappa shape index (κ2) is 9.31. The standard InChI is InChI=1S/C18H28N2O4S/c1-3-16-9-4-5-12-20(16)13-7-11-19-25(22,23)17-10-6-8-15(14-17)18(21)24-2/h6,8,10,14,16,19H,3-5,7,9,11-13H2,1-2H3. The molecule has 1 fully saturated rings. The van der Waals surface area contributed by atoms with E-state index in [-0.39, 0.29) is 10.5 Å². The van der Waals surface area contributed by atoms with Crippen LogP contribution in [0.2, 0.25) is 0 Å². The summed E-state index contributed by atoms with van der Waals surface area (Å²) in [6, 6.07) is 6.52. The Bertz CT molecular complexity index is 675. The van der Waals surface area contributed by atoms with Crippen LogP contribution in [0, 0.1) is 0 Å². The highest BCUT2D eigenvalue weighted by Gasteiger charge is 2.20. The number of hydrogen-bond donors (Lipinski definition) is 1. The van der Waals surface area contributed by atoms with Crippen LogP contribution in [0.3, 0.4) is 0 Å². The number of ether oxygens (including phenoxy) is 1. The molecule has 7 heteroatoms. The summed E-state index contributed by atoms with van der Waals surface area (Å²) in [6.07, 6.45) is 5.67. The zero-order chi connectivity index (χ0) is 18.3. The van der Waals surface area contributed by atoms with E-state index in [9.17, 15) is 13.2 Å². The molecule has 6 nitrogen and oxygen atoms in total. The highest BCUT2D eigenvalue weighted by Crippen LogP contribution is 2.19. The number of piperidine rings is 1. The van der Waals surface area contributed by atoms with E-state index >= 15 is 0 Å². The van der Waals surface area contributed by atoms with Crippen LogP contribution in [0.1, 0.15) is 49.4 Å². The summed E-state index contributed by atoms with van der Waals surface area (Å²) in [6.45, 7) is 4.60. The van der Waals surface area contributed by atoms with Crippen molar-refractivity contribution in [1.29, 1.82) is 0 Å². The van der Waals surface area contributed by atoms with Gasteiger partial charge in [-0.25, -0.2) is 17.9 Å². The molecule has 0 aliphatic carbocycles. The van der Waals surface area contributed by atoms with Gasteiger partial charge in [0.1, 0.15) is 0 Å². The Morgan fingerprint density at radius 2 is 2.16 bits per heavy atom. The van der Waals surface area contributed by atoms with Crippen molar-refractivity contribution in [3.63, 3.8) is 0 Å². The molecule has 1 aromatic carbocycles. The molecule has 2 rings (SSSR count). The molecule has 0 bridgehead atoms. The molecular formula is C18H28N2O4S. The number of carbonyl (C=O) groups excluding carboxylic acids is 1. The first kappa shape index (κ1) is 19.9. The molecule has 0 amide bonds. The molecule has 1 unspecified atom stereocenters. The molecule has 0 spiro atoms. The van der Waals surface area contributed by atoms with Gasteiger partial charge in [-0.15, -0.1) is 0 Å². The summed E-state index contributed by atoms with van der Waals surface area (Å²) in [4.78, 5) is 14.1. The molecular weight excluding hydrogens is 340 g/mol. The fraction of sp³-hybridized carbons (Fsp3) is 0.611. The number of rotatable bonds is 8. The summed E-state index contributed by atoms with van der Waals surface area (Å²) in [7, 11) is -2.35. The van der Waals surface area contributed by atoms with Crippen LogP contribution in [0.25, 0.3) is 0 Å². The van der Waals surface area contributed by atoms with Crippen molar-refractivity contribution in [2.24, 2.45) is 0 Å². The number of likely N-dealkylation sites (tertiary alicyclic amines) is 1. The molecule has 0 radical (unpaired) electrons. The van der Waals surface area contributed by atoms with Crippen molar-refractivity contribution < 1.29 is 17.9 Å². The lowest BCUT2D eigenvalue weighted by atomic mass is 10.00. The van der Waals surface area contributed by atoms with E-state index in [1.54, 1.807) is 6.07 Å². The van der Waals surface area contributed by atoms with Gasteiger partial charge in [-0.3, -0.25) is 0 Å². The number of esters is 1.